The lowest BCUT2D eigenvalue weighted by atomic mass is 9.52. The summed E-state index contributed by atoms with van der Waals surface area (Å²) < 4.78 is 4.86. The highest BCUT2D eigenvalue weighted by Gasteiger charge is 2.69. The molecule has 2 saturated carbocycles. The van der Waals surface area contributed by atoms with Crippen molar-refractivity contribution in [3.05, 3.63) is 65.5 Å². The molecule has 0 aliphatic heterocycles. The lowest BCUT2D eigenvalue weighted by molar-refractivity contribution is -0.181. The van der Waals surface area contributed by atoms with E-state index in [-0.39, 0.29) is 29.9 Å². The summed E-state index contributed by atoms with van der Waals surface area (Å²) in [5, 5.41) is 28.7. The molecule has 3 aliphatic rings. The molecule has 0 radical (unpaired) electrons. The van der Waals surface area contributed by atoms with Crippen LogP contribution in [-0.4, -0.2) is 81.0 Å². The molecular weight excluding hydrogens is 572 g/mol. The number of carbonyl (C=O) groups excluding carboxylic acids is 6. The second-order valence-corrected chi connectivity index (χ2v) is 11.7. The third kappa shape index (κ3) is 4.19. The van der Waals surface area contributed by atoms with E-state index >= 15 is 0 Å². The summed E-state index contributed by atoms with van der Waals surface area (Å²) >= 11 is 0. The van der Waals surface area contributed by atoms with Crippen molar-refractivity contribution in [1.82, 2.24) is 10.1 Å². The van der Waals surface area contributed by atoms with Crippen molar-refractivity contribution in [2.75, 3.05) is 19.4 Å². The summed E-state index contributed by atoms with van der Waals surface area (Å²) in [5.41, 5.74) is 4.66. The number of nitrogens with two attached hydrogens (primary N) is 1. The van der Waals surface area contributed by atoms with Gasteiger partial charge in [-0.3, -0.25) is 33.7 Å². The van der Waals surface area contributed by atoms with Crippen LogP contribution in [0.1, 0.15) is 32.9 Å². The molecule has 2 amide bonds. The van der Waals surface area contributed by atoms with Gasteiger partial charge in [0.15, 0.2) is 34.7 Å². The minimum Gasteiger partial charge on any atom is -0.507 e. The van der Waals surface area contributed by atoms with Gasteiger partial charge in [-0.1, -0.05) is 23.4 Å². The number of Topliss-reactive ketones (excluding diaryl/α,β-unsaturated/α-hetero) is 4. The molecule has 2 fully saturated rings. The monoisotopic (exact) mass is 600 g/mol. The number of amides is 2. The Morgan fingerprint density at radius 2 is 1.75 bits per heavy atom. The van der Waals surface area contributed by atoms with Crippen LogP contribution in [0.2, 0.25) is 0 Å². The fourth-order valence-electron chi connectivity index (χ4n) is 7.13. The molecule has 226 valence electrons. The Morgan fingerprint density at radius 1 is 1.05 bits per heavy atom. The highest BCUT2D eigenvalue weighted by atomic mass is 16.5. The second kappa shape index (κ2) is 10.3. The summed E-state index contributed by atoms with van der Waals surface area (Å²) in [6.07, 6.45) is 1.42. The molecule has 3 aromatic rings. The normalized spacial score (nSPS) is 27.9. The first-order chi connectivity index (χ1) is 20.9. The van der Waals surface area contributed by atoms with E-state index in [2.05, 4.69) is 10.5 Å². The van der Waals surface area contributed by atoms with Crippen LogP contribution in [0, 0.1) is 23.7 Å². The number of anilines is 1. The van der Waals surface area contributed by atoms with E-state index in [0.717, 1.165) is 0 Å². The van der Waals surface area contributed by atoms with E-state index in [0.29, 0.717) is 22.4 Å². The van der Waals surface area contributed by atoms with Crippen molar-refractivity contribution in [2.24, 2.45) is 29.4 Å². The molecule has 5 N–H and O–H groups in total. The number of ketones is 4. The highest BCUT2D eigenvalue weighted by molar-refractivity contribution is 6.32. The number of benzene rings is 2. The molecule has 6 atom stereocenters. The highest BCUT2D eigenvalue weighted by Crippen LogP contribution is 2.51. The molecule has 0 bridgehead atoms. The van der Waals surface area contributed by atoms with Gasteiger partial charge in [-0.05, 0) is 67.7 Å². The number of likely N-dealkylation sites (N-methyl/N-ethyl adjacent to an activating group) is 1. The van der Waals surface area contributed by atoms with E-state index in [1.165, 1.54) is 37.3 Å². The van der Waals surface area contributed by atoms with E-state index in [1.54, 1.807) is 30.3 Å². The largest absolute Gasteiger partial charge is 0.507 e. The van der Waals surface area contributed by atoms with Crippen LogP contribution >= 0.6 is 0 Å². The Morgan fingerprint density at radius 3 is 2.36 bits per heavy atom. The summed E-state index contributed by atoms with van der Waals surface area (Å²) in [6.45, 7) is 0. The van der Waals surface area contributed by atoms with E-state index in [4.69, 9.17) is 10.3 Å². The first kappa shape index (κ1) is 29.1. The molecule has 44 heavy (non-hydrogen) atoms. The Kier molecular flexibility index (Phi) is 6.82. The van der Waals surface area contributed by atoms with Crippen molar-refractivity contribution < 1.29 is 43.5 Å². The number of nitrogens with one attached hydrogen (secondary N) is 1. The number of primary amides is 1. The van der Waals surface area contributed by atoms with Crippen LogP contribution in [-0.2, 0) is 25.6 Å². The maximum absolute atomic E-state index is 14.0. The van der Waals surface area contributed by atoms with Crippen LogP contribution in [0.3, 0.4) is 0 Å². The minimum absolute atomic E-state index is 0.0340. The van der Waals surface area contributed by atoms with E-state index < -0.39 is 70.3 Å². The van der Waals surface area contributed by atoms with Gasteiger partial charge in [0.2, 0.25) is 11.7 Å². The fourth-order valence-corrected chi connectivity index (χ4v) is 7.13. The maximum atomic E-state index is 14.0. The number of hydrogen-bond acceptors (Lipinski definition) is 11. The molecule has 1 heterocycles. The summed E-state index contributed by atoms with van der Waals surface area (Å²) in [7, 11) is 3.06. The number of rotatable bonds is 5. The second-order valence-electron chi connectivity index (χ2n) is 11.7. The number of aromatic nitrogens is 1. The zero-order valence-corrected chi connectivity index (χ0v) is 23.6. The van der Waals surface area contributed by atoms with Gasteiger partial charge < -0.3 is 25.8 Å². The molecule has 6 unspecified atom stereocenters. The lowest BCUT2D eigenvalue weighted by Crippen LogP contribution is -2.74. The van der Waals surface area contributed by atoms with Crippen LogP contribution in [0.15, 0.2) is 53.2 Å². The number of nitrogens with zero attached hydrogens (tertiary/aromatic N) is 2. The summed E-state index contributed by atoms with van der Waals surface area (Å²) in [6, 6.07) is 9.94. The molecule has 13 nitrogen and oxygen atoms in total. The first-order valence-corrected chi connectivity index (χ1v) is 13.9. The standard InChI is InChI=1S/C31H28N4O9/c1-35(2)24-18-12-14-11-17-16(13-3-5-15(6-4-13)34-30(42)20-9-10-33-44-20)7-8-19(36)22(17)25(37)21(14)27(39)31(18,43)28(40)23(26(24)38)29(32)41/h3-10,14,18,21,23-24,36,43H,11-12H2,1-2H3,(H2,32,41)(H,34,42). The van der Waals surface area contributed by atoms with Crippen LogP contribution in [0.25, 0.3) is 11.1 Å². The van der Waals surface area contributed by atoms with E-state index in [1.807, 2.05) is 0 Å². The number of hydrogen-bond donors (Lipinski definition) is 4. The molecule has 13 heteroatoms. The zero-order chi connectivity index (χ0) is 31.7. The smallest absolute Gasteiger partial charge is 0.294 e. The van der Waals surface area contributed by atoms with Gasteiger partial charge in [0.05, 0.1) is 23.7 Å². The van der Waals surface area contributed by atoms with Crippen molar-refractivity contribution in [3.63, 3.8) is 0 Å². The first-order valence-electron chi connectivity index (χ1n) is 13.9. The third-order valence-corrected chi connectivity index (χ3v) is 9.06. The van der Waals surface area contributed by atoms with Crippen LogP contribution in [0.5, 0.6) is 5.75 Å². The van der Waals surface area contributed by atoms with Gasteiger partial charge in [-0.25, -0.2) is 0 Å². The zero-order valence-electron chi connectivity index (χ0n) is 23.6. The van der Waals surface area contributed by atoms with Gasteiger partial charge in [0.1, 0.15) is 5.75 Å². The Bertz CT molecular complexity index is 1750. The molecule has 1 aromatic heterocycles. The fraction of sp³-hybridized carbons (Fsp3) is 0.323. The predicted octanol–water partition coefficient (Wildman–Crippen LogP) is 0.774. The number of aliphatic hydroxyl groups is 1. The van der Waals surface area contributed by atoms with Gasteiger partial charge in [-0.15, -0.1) is 0 Å². The lowest BCUT2D eigenvalue weighted by Gasteiger charge is -2.52. The van der Waals surface area contributed by atoms with Crippen LogP contribution in [0.4, 0.5) is 5.69 Å². The average molecular weight is 601 g/mol. The quantitative estimate of drug-likeness (QED) is 0.301. The Balaban J connectivity index is 1.38. The van der Waals surface area contributed by atoms with Crippen molar-refractivity contribution >= 4 is 40.6 Å². The third-order valence-electron chi connectivity index (χ3n) is 9.06. The molecule has 2 aromatic carbocycles. The molecule has 0 saturated heterocycles. The molecule has 3 aliphatic carbocycles. The number of phenolic OH excluding ortho intramolecular Hbond substituents is 1. The van der Waals surface area contributed by atoms with E-state index in [9.17, 15) is 39.0 Å². The van der Waals surface area contributed by atoms with Gasteiger partial charge in [0.25, 0.3) is 5.91 Å². The summed E-state index contributed by atoms with van der Waals surface area (Å²) in [4.78, 5) is 80.5. The number of carbonyl (C=O) groups is 6. The van der Waals surface area contributed by atoms with Crippen molar-refractivity contribution in [3.8, 4) is 16.9 Å². The minimum atomic E-state index is -2.78. The SMILES string of the molecule is CN(C)C1C(=O)C(C(N)=O)C(=O)C2(O)C(=O)C3C(=O)c4c(O)ccc(-c5ccc(NC(=O)c6ccno6)cc5)c4CC3CC12. The molecule has 6 rings (SSSR count). The predicted molar refractivity (Wildman–Crippen MR) is 151 cm³/mol. The average Bonchev–Trinajstić information content (AvgIpc) is 3.51. The van der Waals surface area contributed by atoms with Crippen molar-refractivity contribution in [1.29, 1.82) is 0 Å². The summed E-state index contributed by atoms with van der Waals surface area (Å²) in [5.74, 6) is -11.5. The Labute approximate surface area is 250 Å². The van der Waals surface area contributed by atoms with Gasteiger partial charge >= 0.3 is 0 Å². The molecule has 0 spiro atoms. The Hall–Kier alpha value is -5.01. The number of phenols is 1. The van der Waals surface area contributed by atoms with Gasteiger partial charge in [0, 0.05) is 17.7 Å². The topological polar surface area (TPSA) is 210 Å². The number of aromatic hydroxyl groups is 1. The van der Waals surface area contributed by atoms with Crippen molar-refractivity contribution in [2.45, 2.75) is 24.5 Å². The van der Waals surface area contributed by atoms with Crippen LogP contribution < -0.4 is 11.1 Å². The number of fused-ring (bicyclic) bond motifs is 3. The maximum Gasteiger partial charge on any atom is 0.294 e. The molecular formula is C31H28N4O9. The van der Waals surface area contributed by atoms with Gasteiger partial charge in [-0.2, -0.15) is 0 Å².